The lowest BCUT2D eigenvalue weighted by Crippen LogP contribution is -2.49. The summed E-state index contributed by atoms with van der Waals surface area (Å²) < 4.78 is 0. The largest absolute Gasteiger partial charge is 0.303 e. The van der Waals surface area contributed by atoms with Gasteiger partial charge in [0, 0.05) is 11.0 Å². The van der Waals surface area contributed by atoms with Gasteiger partial charge in [0.15, 0.2) is 5.78 Å². The van der Waals surface area contributed by atoms with Crippen molar-refractivity contribution in [1.82, 2.24) is 5.32 Å². The maximum Gasteiger partial charge on any atom is 0.154 e. The number of carbonyl (C=O) groups is 1. The van der Waals surface area contributed by atoms with Gasteiger partial charge in [-0.05, 0) is 27.7 Å². The Kier molecular flexibility index (Phi) is 7.12. The molecule has 92 valence electrons. The Balaban J connectivity index is 0. The normalized spacial score (nSPS) is 13.9. The van der Waals surface area contributed by atoms with Crippen LogP contribution in [-0.4, -0.2) is 17.4 Å². The smallest absolute Gasteiger partial charge is 0.154 e. The summed E-state index contributed by atoms with van der Waals surface area (Å²) in [6, 6.07) is -0.0694. The molecular weight excluding hydrogens is 186 g/mol. The van der Waals surface area contributed by atoms with E-state index in [4.69, 9.17) is 0 Å². The first-order valence-corrected chi connectivity index (χ1v) is 5.86. The van der Waals surface area contributed by atoms with Crippen molar-refractivity contribution >= 4 is 5.78 Å². The molecule has 0 aliphatic rings. The summed E-state index contributed by atoms with van der Waals surface area (Å²) >= 11 is 0. The van der Waals surface area contributed by atoms with Gasteiger partial charge in [-0.2, -0.15) is 0 Å². The Morgan fingerprint density at radius 2 is 1.33 bits per heavy atom. The van der Waals surface area contributed by atoms with E-state index in [0.29, 0.717) is 0 Å². The summed E-state index contributed by atoms with van der Waals surface area (Å²) in [4.78, 5) is 11.8. The summed E-state index contributed by atoms with van der Waals surface area (Å²) in [7, 11) is 0. The van der Waals surface area contributed by atoms with E-state index < -0.39 is 0 Å². The van der Waals surface area contributed by atoms with Crippen LogP contribution in [0.2, 0.25) is 0 Å². The van der Waals surface area contributed by atoms with E-state index in [-0.39, 0.29) is 22.8 Å². The van der Waals surface area contributed by atoms with Crippen LogP contribution in [0.15, 0.2) is 0 Å². The highest BCUT2D eigenvalue weighted by Crippen LogP contribution is 2.17. The van der Waals surface area contributed by atoms with Crippen LogP contribution in [0, 0.1) is 5.41 Å². The Labute approximate surface area is 95.8 Å². The molecule has 2 heteroatoms. The molecule has 0 saturated carbocycles. The summed E-state index contributed by atoms with van der Waals surface area (Å²) in [6.45, 7) is 18.0. The highest BCUT2D eigenvalue weighted by atomic mass is 16.1. The quantitative estimate of drug-likeness (QED) is 0.765. The van der Waals surface area contributed by atoms with Crippen molar-refractivity contribution < 1.29 is 4.79 Å². The molecular formula is C13H29NO. The molecule has 0 aliphatic carbocycles. The van der Waals surface area contributed by atoms with Crippen LogP contribution in [0.3, 0.4) is 0 Å². The molecule has 1 N–H and O–H groups in total. The molecule has 0 aromatic carbocycles. The number of hydrogen-bond donors (Lipinski definition) is 1. The van der Waals surface area contributed by atoms with E-state index in [2.05, 4.69) is 26.1 Å². The first-order chi connectivity index (χ1) is 6.54. The van der Waals surface area contributed by atoms with Crippen LogP contribution < -0.4 is 5.32 Å². The monoisotopic (exact) mass is 215 g/mol. The van der Waals surface area contributed by atoms with E-state index in [9.17, 15) is 4.79 Å². The minimum absolute atomic E-state index is 0.000324. The van der Waals surface area contributed by atoms with E-state index >= 15 is 0 Å². The Bertz CT molecular complexity index is 184. The molecule has 0 spiro atoms. The van der Waals surface area contributed by atoms with Crippen LogP contribution in [-0.2, 0) is 4.79 Å². The summed E-state index contributed by atoms with van der Waals surface area (Å²) in [5.41, 5.74) is -0.252. The van der Waals surface area contributed by atoms with Crippen LogP contribution in [0.4, 0.5) is 0 Å². The van der Waals surface area contributed by atoms with Crippen molar-refractivity contribution in [2.24, 2.45) is 5.41 Å². The Hall–Kier alpha value is -0.370. The van der Waals surface area contributed by atoms with Crippen LogP contribution in [0.5, 0.6) is 0 Å². The maximum atomic E-state index is 11.8. The molecule has 0 heterocycles. The van der Waals surface area contributed by atoms with Gasteiger partial charge in [0.05, 0.1) is 6.04 Å². The van der Waals surface area contributed by atoms with E-state index in [1.807, 2.05) is 41.5 Å². The topological polar surface area (TPSA) is 29.1 Å². The molecule has 0 bridgehead atoms. The van der Waals surface area contributed by atoms with E-state index in [0.717, 1.165) is 0 Å². The van der Waals surface area contributed by atoms with E-state index in [1.54, 1.807) is 0 Å². The van der Waals surface area contributed by atoms with Crippen molar-refractivity contribution in [3.05, 3.63) is 0 Å². The maximum absolute atomic E-state index is 11.8. The molecule has 0 aromatic heterocycles. The molecule has 2 nitrogen and oxygen atoms in total. The fraction of sp³-hybridized carbons (Fsp3) is 0.923. The molecule has 0 aliphatic heterocycles. The molecule has 1 unspecified atom stereocenters. The third kappa shape index (κ3) is 8.61. The van der Waals surface area contributed by atoms with Gasteiger partial charge >= 0.3 is 0 Å². The molecule has 0 aromatic rings. The summed E-state index contributed by atoms with van der Waals surface area (Å²) in [5.74, 6) is 0.266. The number of hydrogen-bond acceptors (Lipinski definition) is 2. The number of nitrogens with one attached hydrogen (secondary N) is 1. The average molecular weight is 215 g/mol. The SMILES string of the molecule is CC.CC(NC(C)(C)C)C(=O)C(C)(C)C. The number of Topliss-reactive ketones (excluding diaryl/α,β-unsaturated/α-hetero) is 1. The highest BCUT2D eigenvalue weighted by molar-refractivity contribution is 5.88. The third-order valence-corrected chi connectivity index (χ3v) is 1.78. The highest BCUT2D eigenvalue weighted by Gasteiger charge is 2.28. The van der Waals surface area contributed by atoms with Gasteiger partial charge in [0.1, 0.15) is 0 Å². The zero-order valence-electron chi connectivity index (χ0n) is 12.0. The van der Waals surface area contributed by atoms with Crippen molar-refractivity contribution in [3.8, 4) is 0 Å². The number of rotatable bonds is 2. The fourth-order valence-electron chi connectivity index (χ4n) is 1.36. The van der Waals surface area contributed by atoms with Gasteiger partial charge in [-0.3, -0.25) is 4.79 Å². The second-order valence-electron chi connectivity index (χ2n) is 5.73. The predicted molar refractivity (Wildman–Crippen MR) is 68.2 cm³/mol. The molecule has 1 atom stereocenters. The Morgan fingerprint density at radius 3 is 1.53 bits per heavy atom. The zero-order valence-corrected chi connectivity index (χ0v) is 12.0. The average Bonchev–Trinajstić information content (AvgIpc) is 2.02. The minimum atomic E-state index is -0.252. The third-order valence-electron chi connectivity index (χ3n) is 1.78. The van der Waals surface area contributed by atoms with Gasteiger partial charge in [0.25, 0.3) is 0 Å². The second-order valence-corrected chi connectivity index (χ2v) is 5.73. The van der Waals surface area contributed by atoms with Crippen molar-refractivity contribution in [2.45, 2.75) is 73.9 Å². The molecule has 0 amide bonds. The first-order valence-electron chi connectivity index (χ1n) is 5.86. The van der Waals surface area contributed by atoms with Crippen LogP contribution in [0.1, 0.15) is 62.3 Å². The standard InChI is InChI=1S/C11H23NO.C2H6/c1-8(12-11(5,6)7)9(13)10(2,3)4;1-2/h8,12H,1-7H3;1-2H3. The first kappa shape index (κ1) is 17.0. The predicted octanol–water partition coefficient (Wildman–Crippen LogP) is 3.40. The van der Waals surface area contributed by atoms with Gasteiger partial charge in [0.2, 0.25) is 0 Å². The van der Waals surface area contributed by atoms with Gasteiger partial charge in [-0.1, -0.05) is 34.6 Å². The number of carbonyl (C=O) groups excluding carboxylic acids is 1. The molecule has 15 heavy (non-hydrogen) atoms. The van der Waals surface area contributed by atoms with Crippen molar-refractivity contribution in [2.75, 3.05) is 0 Å². The lowest BCUT2D eigenvalue weighted by molar-refractivity contribution is -0.128. The fourth-order valence-corrected chi connectivity index (χ4v) is 1.36. The lowest BCUT2D eigenvalue weighted by Gasteiger charge is -2.29. The van der Waals surface area contributed by atoms with Gasteiger partial charge < -0.3 is 5.32 Å². The summed E-state index contributed by atoms with van der Waals surface area (Å²) in [6.07, 6.45) is 0. The summed E-state index contributed by atoms with van der Waals surface area (Å²) in [5, 5.41) is 3.28. The molecule has 0 saturated heterocycles. The van der Waals surface area contributed by atoms with Crippen LogP contribution in [0.25, 0.3) is 0 Å². The van der Waals surface area contributed by atoms with Crippen LogP contribution >= 0.6 is 0 Å². The van der Waals surface area contributed by atoms with Gasteiger partial charge in [-0.15, -0.1) is 0 Å². The van der Waals surface area contributed by atoms with E-state index in [1.165, 1.54) is 0 Å². The van der Waals surface area contributed by atoms with Crippen molar-refractivity contribution in [1.29, 1.82) is 0 Å². The zero-order chi connectivity index (χ0) is 12.9. The molecule has 0 rings (SSSR count). The minimum Gasteiger partial charge on any atom is -0.303 e. The molecule has 0 radical (unpaired) electrons. The number of ketones is 1. The van der Waals surface area contributed by atoms with Gasteiger partial charge in [-0.25, -0.2) is 0 Å². The Morgan fingerprint density at radius 1 is 1.00 bits per heavy atom. The lowest BCUT2D eigenvalue weighted by atomic mass is 9.86. The molecule has 0 fully saturated rings. The van der Waals surface area contributed by atoms with Crippen molar-refractivity contribution in [3.63, 3.8) is 0 Å². The second kappa shape index (κ2) is 6.26.